The van der Waals surface area contributed by atoms with E-state index in [4.69, 9.17) is 13.6 Å². The SMILES string of the molecule is CCOC(=O)c1ccc(-c2coc3cc(C)cc(O)c3c2=O)o1. The number of rotatable bonds is 3. The number of hydrogen-bond acceptors (Lipinski definition) is 6. The lowest BCUT2D eigenvalue weighted by molar-refractivity contribution is 0.0491. The van der Waals surface area contributed by atoms with E-state index in [0.29, 0.717) is 0 Å². The molecule has 0 saturated heterocycles. The maximum absolute atomic E-state index is 12.6. The largest absolute Gasteiger partial charge is 0.507 e. The number of carbonyl (C=O) groups excluding carboxylic acids is 1. The number of carbonyl (C=O) groups is 1. The van der Waals surface area contributed by atoms with Gasteiger partial charge in [-0.3, -0.25) is 4.79 Å². The predicted molar refractivity (Wildman–Crippen MR) is 82.5 cm³/mol. The van der Waals surface area contributed by atoms with E-state index in [0.717, 1.165) is 5.56 Å². The van der Waals surface area contributed by atoms with E-state index in [1.54, 1.807) is 19.9 Å². The molecule has 2 heterocycles. The maximum Gasteiger partial charge on any atom is 0.374 e. The van der Waals surface area contributed by atoms with Gasteiger partial charge in [0.25, 0.3) is 0 Å². The van der Waals surface area contributed by atoms with Crippen molar-refractivity contribution in [1.29, 1.82) is 0 Å². The number of phenols is 1. The number of aryl methyl sites for hydroxylation is 1. The highest BCUT2D eigenvalue weighted by Crippen LogP contribution is 2.27. The topological polar surface area (TPSA) is 89.9 Å². The summed E-state index contributed by atoms with van der Waals surface area (Å²) in [5, 5.41) is 10.1. The Labute approximate surface area is 130 Å². The van der Waals surface area contributed by atoms with Gasteiger partial charge in [0.2, 0.25) is 11.2 Å². The van der Waals surface area contributed by atoms with Crippen LogP contribution in [0.4, 0.5) is 0 Å². The zero-order valence-corrected chi connectivity index (χ0v) is 12.6. The van der Waals surface area contributed by atoms with E-state index < -0.39 is 11.4 Å². The molecule has 0 fully saturated rings. The second kappa shape index (κ2) is 5.64. The van der Waals surface area contributed by atoms with Gasteiger partial charge in [-0.25, -0.2) is 4.79 Å². The van der Waals surface area contributed by atoms with Crippen molar-refractivity contribution in [3.05, 3.63) is 52.1 Å². The first-order valence-corrected chi connectivity index (χ1v) is 7.03. The highest BCUT2D eigenvalue weighted by atomic mass is 16.5. The molecule has 2 aromatic heterocycles. The molecule has 3 rings (SSSR count). The molecule has 0 spiro atoms. The molecule has 0 aliphatic carbocycles. The van der Waals surface area contributed by atoms with E-state index in [1.807, 2.05) is 0 Å². The standard InChI is InChI=1S/C17H14O6/c1-3-21-17(20)13-5-4-12(23-13)10-8-22-14-7-9(2)6-11(18)15(14)16(10)19/h4-8,18H,3H2,1-2H3. The van der Waals surface area contributed by atoms with Gasteiger partial charge in [0.15, 0.2) is 0 Å². The number of benzene rings is 1. The average Bonchev–Trinajstić information content (AvgIpc) is 2.96. The summed E-state index contributed by atoms with van der Waals surface area (Å²) >= 11 is 0. The minimum atomic E-state index is -0.609. The van der Waals surface area contributed by atoms with Crippen LogP contribution in [0.25, 0.3) is 22.3 Å². The molecule has 0 atom stereocenters. The summed E-state index contributed by atoms with van der Waals surface area (Å²) in [7, 11) is 0. The molecule has 23 heavy (non-hydrogen) atoms. The van der Waals surface area contributed by atoms with E-state index in [2.05, 4.69) is 0 Å². The first kappa shape index (κ1) is 14.9. The van der Waals surface area contributed by atoms with Crippen molar-refractivity contribution < 1.29 is 23.5 Å². The van der Waals surface area contributed by atoms with Gasteiger partial charge in [-0.05, 0) is 43.7 Å². The van der Waals surface area contributed by atoms with Crippen LogP contribution in [0.15, 0.2) is 44.2 Å². The van der Waals surface area contributed by atoms with Gasteiger partial charge >= 0.3 is 5.97 Å². The fraction of sp³-hybridized carbons (Fsp3) is 0.176. The van der Waals surface area contributed by atoms with Crippen LogP contribution >= 0.6 is 0 Å². The summed E-state index contributed by atoms with van der Waals surface area (Å²) in [6.07, 6.45) is 1.25. The van der Waals surface area contributed by atoms with Gasteiger partial charge in [-0.1, -0.05) is 0 Å². The smallest absolute Gasteiger partial charge is 0.374 e. The van der Waals surface area contributed by atoms with Gasteiger partial charge in [-0.15, -0.1) is 0 Å². The molecule has 0 unspecified atom stereocenters. The lowest BCUT2D eigenvalue weighted by Crippen LogP contribution is -2.05. The molecule has 0 amide bonds. The molecule has 0 radical (unpaired) electrons. The summed E-state index contributed by atoms with van der Waals surface area (Å²) in [4.78, 5) is 24.2. The Morgan fingerprint density at radius 1 is 1.30 bits per heavy atom. The third-order valence-corrected chi connectivity index (χ3v) is 3.35. The lowest BCUT2D eigenvalue weighted by atomic mass is 10.1. The first-order chi connectivity index (χ1) is 11.0. The Morgan fingerprint density at radius 2 is 2.09 bits per heavy atom. The monoisotopic (exact) mass is 314 g/mol. The summed E-state index contributed by atoms with van der Waals surface area (Å²) in [6, 6.07) is 6.04. The summed E-state index contributed by atoms with van der Waals surface area (Å²) in [5.74, 6) is -0.603. The third kappa shape index (κ3) is 2.59. The van der Waals surface area contributed by atoms with Crippen LogP contribution in [-0.4, -0.2) is 17.7 Å². The molecule has 0 saturated carbocycles. The number of hydrogen-bond donors (Lipinski definition) is 1. The molecule has 0 bridgehead atoms. The molecule has 6 nitrogen and oxygen atoms in total. The van der Waals surface area contributed by atoms with Crippen molar-refractivity contribution in [1.82, 2.24) is 0 Å². The van der Waals surface area contributed by atoms with E-state index >= 15 is 0 Å². The zero-order valence-electron chi connectivity index (χ0n) is 12.6. The maximum atomic E-state index is 12.6. The van der Waals surface area contributed by atoms with Crippen LogP contribution in [-0.2, 0) is 4.74 Å². The summed E-state index contributed by atoms with van der Waals surface area (Å²) in [6.45, 7) is 3.69. The van der Waals surface area contributed by atoms with Gasteiger partial charge in [0.1, 0.15) is 34.3 Å². The molecule has 1 N–H and O–H groups in total. The number of phenolic OH excluding ortho intramolecular Hbond substituents is 1. The first-order valence-electron chi connectivity index (χ1n) is 7.03. The highest BCUT2D eigenvalue weighted by molar-refractivity contribution is 5.89. The van der Waals surface area contributed by atoms with E-state index in [9.17, 15) is 14.7 Å². The van der Waals surface area contributed by atoms with Crippen LogP contribution in [0.3, 0.4) is 0 Å². The Hall–Kier alpha value is -3.02. The second-order valence-corrected chi connectivity index (χ2v) is 5.02. The van der Waals surface area contributed by atoms with Gasteiger partial charge in [-0.2, -0.15) is 0 Å². The van der Waals surface area contributed by atoms with Crippen molar-refractivity contribution in [2.24, 2.45) is 0 Å². The van der Waals surface area contributed by atoms with Crippen LogP contribution in [0.5, 0.6) is 5.75 Å². The number of esters is 1. The van der Waals surface area contributed by atoms with Crippen LogP contribution in [0, 0.1) is 6.92 Å². The molecule has 6 heteroatoms. The van der Waals surface area contributed by atoms with Gasteiger partial charge in [0, 0.05) is 0 Å². The van der Waals surface area contributed by atoms with Crippen molar-refractivity contribution in [3.63, 3.8) is 0 Å². The van der Waals surface area contributed by atoms with Crippen LogP contribution < -0.4 is 5.43 Å². The number of aromatic hydroxyl groups is 1. The number of fused-ring (bicyclic) bond motifs is 1. The summed E-state index contributed by atoms with van der Waals surface area (Å²) in [5.41, 5.74) is 0.739. The van der Waals surface area contributed by atoms with Crippen LogP contribution in [0.1, 0.15) is 23.0 Å². The molecule has 118 valence electrons. The average molecular weight is 314 g/mol. The Kier molecular flexibility index (Phi) is 3.65. The highest BCUT2D eigenvalue weighted by Gasteiger charge is 2.18. The predicted octanol–water partition coefficient (Wildman–Crippen LogP) is 3.24. The minimum Gasteiger partial charge on any atom is -0.507 e. The normalized spacial score (nSPS) is 10.9. The van der Waals surface area contributed by atoms with Crippen molar-refractivity contribution in [2.45, 2.75) is 13.8 Å². The van der Waals surface area contributed by atoms with Crippen LogP contribution in [0.2, 0.25) is 0 Å². The molecular weight excluding hydrogens is 300 g/mol. The third-order valence-electron chi connectivity index (χ3n) is 3.35. The molecule has 3 aromatic rings. The fourth-order valence-corrected chi connectivity index (χ4v) is 2.33. The van der Waals surface area contributed by atoms with Crippen molar-refractivity contribution >= 4 is 16.9 Å². The molecule has 1 aromatic carbocycles. The molecular formula is C17H14O6. The Bertz CT molecular complexity index is 947. The minimum absolute atomic E-state index is 0.00512. The van der Waals surface area contributed by atoms with E-state index in [1.165, 1.54) is 24.5 Å². The van der Waals surface area contributed by atoms with Crippen molar-refractivity contribution in [2.75, 3.05) is 6.61 Å². The number of furan rings is 1. The summed E-state index contributed by atoms with van der Waals surface area (Å²) < 4.78 is 15.6. The second-order valence-electron chi connectivity index (χ2n) is 5.02. The van der Waals surface area contributed by atoms with Gasteiger partial charge < -0.3 is 18.7 Å². The van der Waals surface area contributed by atoms with Gasteiger partial charge in [0.05, 0.1) is 6.61 Å². The Balaban J connectivity index is 2.13. The quantitative estimate of drug-likeness (QED) is 0.746. The zero-order chi connectivity index (χ0) is 16.6. The Morgan fingerprint density at radius 3 is 2.83 bits per heavy atom. The molecule has 0 aliphatic heterocycles. The van der Waals surface area contributed by atoms with E-state index in [-0.39, 0.29) is 40.4 Å². The fourth-order valence-electron chi connectivity index (χ4n) is 2.33. The number of ether oxygens (including phenoxy) is 1. The lowest BCUT2D eigenvalue weighted by Gasteiger charge is -2.03. The van der Waals surface area contributed by atoms with Crippen molar-refractivity contribution in [3.8, 4) is 17.1 Å². The molecule has 0 aliphatic rings.